The van der Waals surface area contributed by atoms with Crippen molar-refractivity contribution in [2.24, 2.45) is 0 Å². The maximum Gasteiger partial charge on any atom is 0.135 e. The van der Waals surface area contributed by atoms with Gasteiger partial charge in [0.15, 0.2) is 0 Å². The highest BCUT2D eigenvalue weighted by atomic mass is 35.5. The highest BCUT2D eigenvalue weighted by Crippen LogP contribution is 2.18. The van der Waals surface area contributed by atoms with Crippen LogP contribution >= 0.6 is 23.2 Å². The number of hydrogen-bond acceptors (Lipinski definition) is 3. The normalized spacial score (nSPS) is 22.3. The van der Waals surface area contributed by atoms with E-state index in [9.17, 15) is 0 Å². The van der Waals surface area contributed by atoms with Crippen LogP contribution in [0.25, 0.3) is 0 Å². The van der Waals surface area contributed by atoms with E-state index in [1.165, 1.54) is 0 Å². The quantitative estimate of drug-likeness (QED) is 0.826. The average molecular weight is 260 g/mol. The molecule has 0 amide bonds. The van der Waals surface area contributed by atoms with Gasteiger partial charge in [-0.2, -0.15) is 0 Å². The van der Waals surface area contributed by atoms with Gasteiger partial charge in [-0.25, -0.2) is 4.98 Å². The summed E-state index contributed by atoms with van der Waals surface area (Å²) < 4.78 is 0. The summed E-state index contributed by atoms with van der Waals surface area (Å²) in [5, 5.41) is 4.37. The molecule has 1 aromatic rings. The molecule has 0 aliphatic carbocycles. The predicted molar refractivity (Wildman–Crippen MR) is 67.0 cm³/mol. The van der Waals surface area contributed by atoms with E-state index in [2.05, 4.69) is 22.1 Å². The van der Waals surface area contributed by atoms with E-state index in [1.54, 1.807) is 6.07 Å². The minimum absolute atomic E-state index is 0.447. The summed E-state index contributed by atoms with van der Waals surface area (Å²) in [5.41, 5.74) is 1.04. The Balaban J connectivity index is 2.02. The topological polar surface area (TPSA) is 28.2 Å². The zero-order valence-corrected chi connectivity index (χ0v) is 10.7. The summed E-state index contributed by atoms with van der Waals surface area (Å²) in [6.07, 6.45) is 0. The lowest BCUT2D eigenvalue weighted by molar-refractivity contribution is 0.199. The van der Waals surface area contributed by atoms with Crippen LogP contribution in [0.2, 0.25) is 10.3 Å². The summed E-state index contributed by atoms with van der Waals surface area (Å²) in [6.45, 7) is 6.14. The lowest BCUT2D eigenvalue weighted by Crippen LogP contribution is -2.48. The monoisotopic (exact) mass is 259 g/mol. The molecule has 1 atom stereocenters. The number of nitrogens with zero attached hydrogens (tertiary/aromatic N) is 2. The molecule has 1 unspecified atom stereocenters. The molecule has 88 valence electrons. The molecule has 0 saturated carbocycles. The summed E-state index contributed by atoms with van der Waals surface area (Å²) in [5.74, 6) is 0. The molecule has 16 heavy (non-hydrogen) atoms. The zero-order valence-electron chi connectivity index (χ0n) is 9.21. The van der Waals surface area contributed by atoms with Gasteiger partial charge in [-0.15, -0.1) is 0 Å². The van der Waals surface area contributed by atoms with E-state index in [0.29, 0.717) is 16.3 Å². The molecule has 0 radical (unpaired) electrons. The van der Waals surface area contributed by atoms with Crippen LogP contribution in [0, 0.1) is 0 Å². The van der Waals surface area contributed by atoms with Crippen molar-refractivity contribution < 1.29 is 0 Å². The third-order valence-electron chi connectivity index (χ3n) is 2.74. The number of pyridine rings is 1. The zero-order chi connectivity index (χ0) is 11.5. The maximum absolute atomic E-state index is 6.05. The Kier molecular flexibility index (Phi) is 4.03. The number of aromatic nitrogens is 1. The molecule has 3 nitrogen and oxygen atoms in total. The second-order valence-electron chi connectivity index (χ2n) is 4.17. The van der Waals surface area contributed by atoms with Crippen molar-refractivity contribution in [2.45, 2.75) is 19.5 Å². The van der Waals surface area contributed by atoms with Gasteiger partial charge in [-0.05, 0) is 13.0 Å². The van der Waals surface area contributed by atoms with Crippen LogP contribution in [0.15, 0.2) is 12.1 Å². The van der Waals surface area contributed by atoms with Gasteiger partial charge < -0.3 is 5.32 Å². The van der Waals surface area contributed by atoms with Gasteiger partial charge in [-0.3, -0.25) is 4.90 Å². The summed E-state index contributed by atoms with van der Waals surface area (Å²) >= 11 is 11.8. The molecule has 1 aliphatic rings. The Morgan fingerprint density at radius 2 is 2.31 bits per heavy atom. The fourth-order valence-corrected chi connectivity index (χ4v) is 2.36. The lowest BCUT2D eigenvalue weighted by Gasteiger charge is -2.31. The maximum atomic E-state index is 6.05. The second kappa shape index (κ2) is 5.32. The molecular formula is C11H15Cl2N3. The molecule has 1 fully saturated rings. The van der Waals surface area contributed by atoms with E-state index >= 15 is 0 Å². The first-order chi connectivity index (χ1) is 7.65. The molecule has 0 spiro atoms. The van der Waals surface area contributed by atoms with Crippen molar-refractivity contribution in [3.05, 3.63) is 28.0 Å². The Hall–Kier alpha value is -0.350. The Labute approximate surface area is 106 Å². The van der Waals surface area contributed by atoms with Gasteiger partial charge in [0.2, 0.25) is 0 Å². The van der Waals surface area contributed by atoms with Crippen molar-refractivity contribution in [1.29, 1.82) is 0 Å². The number of rotatable bonds is 2. The standard InChI is InChI=1S/C11H15Cl2N3/c1-8-6-16(5-4-14-8)7-9-2-3-10(12)15-11(9)13/h2-3,8,14H,4-7H2,1H3. The minimum Gasteiger partial charge on any atom is -0.312 e. The van der Waals surface area contributed by atoms with Crippen LogP contribution in [-0.2, 0) is 6.54 Å². The predicted octanol–water partition coefficient (Wildman–Crippen LogP) is 2.18. The van der Waals surface area contributed by atoms with Gasteiger partial charge in [-0.1, -0.05) is 29.3 Å². The average Bonchev–Trinajstić information content (AvgIpc) is 2.22. The van der Waals surface area contributed by atoms with Crippen LogP contribution < -0.4 is 5.32 Å². The van der Waals surface area contributed by atoms with Gasteiger partial charge >= 0.3 is 0 Å². The third-order valence-corrected chi connectivity index (χ3v) is 3.28. The smallest absolute Gasteiger partial charge is 0.135 e. The van der Waals surface area contributed by atoms with E-state index in [0.717, 1.165) is 31.7 Å². The van der Waals surface area contributed by atoms with E-state index in [1.807, 2.05) is 6.07 Å². The fourth-order valence-electron chi connectivity index (χ4n) is 1.96. The van der Waals surface area contributed by atoms with Crippen LogP contribution in [0.5, 0.6) is 0 Å². The Morgan fingerprint density at radius 1 is 1.50 bits per heavy atom. The summed E-state index contributed by atoms with van der Waals surface area (Å²) in [4.78, 5) is 6.42. The number of hydrogen-bond donors (Lipinski definition) is 1. The SMILES string of the molecule is CC1CN(Cc2ccc(Cl)nc2Cl)CCN1. The molecule has 1 N–H and O–H groups in total. The first kappa shape index (κ1) is 12.1. The van der Waals surface area contributed by atoms with Crippen LogP contribution in [0.1, 0.15) is 12.5 Å². The van der Waals surface area contributed by atoms with Crippen LogP contribution in [0.3, 0.4) is 0 Å². The summed E-state index contributed by atoms with van der Waals surface area (Å²) in [7, 11) is 0. The first-order valence-corrected chi connectivity index (χ1v) is 6.17. The van der Waals surface area contributed by atoms with Gasteiger partial charge in [0.05, 0.1) is 0 Å². The van der Waals surface area contributed by atoms with E-state index in [-0.39, 0.29) is 0 Å². The Morgan fingerprint density at radius 3 is 3.00 bits per heavy atom. The number of piperazine rings is 1. The molecular weight excluding hydrogens is 245 g/mol. The molecule has 2 rings (SSSR count). The second-order valence-corrected chi connectivity index (χ2v) is 4.92. The molecule has 1 aliphatic heterocycles. The van der Waals surface area contributed by atoms with Crippen molar-refractivity contribution in [2.75, 3.05) is 19.6 Å². The fraction of sp³-hybridized carbons (Fsp3) is 0.545. The van der Waals surface area contributed by atoms with Crippen molar-refractivity contribution >= 4 is 23.2 Å². The third kappa shape index (κ3) is 3.08. The number of nitrogens with one attached hydrogen (secondary N) is 1. The van der Waals surface area contributed by atoms with Crippen molar-refractivity contribution in [1.82, 2.24) is 15.2 Å². The van der Waals surface area contributed by atoms with Crippen molar-refractivity contribution in [3.63, 3.8) is 0 Å². The van der Waals surface area contributed by atoms with E-state index in [4.69, 9.17) is 23.2 Å². The van der Waals surface area contributed by atoms with Crippen LogP contribution in [0.4, 0.5) is 0 Å². The summed E-state index contributed by atoms with van der Waals surface area (Å²) in [6, 6.07) is 4.27. The molecule has 2 heterocycles. The first-order valence-electron chi connectivity index (χ1n) is 5.42. The molecule has 5 heteroatoms. The molecule has 1 saturated heterocycles. The Bertz CT molecular complexity index is 370. The van der Waals surface area contributed by atoms with E-state index < -0.39 is 0 Å². The van der Waals surface area contributed by atoms with Crippen molar-refractivity contribution in [3.8, 4) is 0 Å². The van der Waals surface area contributed by atoms with Gasteiger partial charge in [0.25, 0.3) is 0 Å². The highest BCUT2D eigenvalue weighted by Gasteiger charge is 2.16. The largest absolute Gasteiger partial charge is 0.312 e. The highest BCUT2D eigenvalue weighted by molar-refractivity contribution is 6.32. The number of halogens is 2. The molecule has 0 aromatic carbocycles. The van der Waals surface area contributed by atoms with Crippen LogP contribution in [-0.4, -0.2) is 35.6 Å². The van der Waals surface area contributed by atoms with Gasteiger partial charge in [0.1, 0.15) is 10.3 Å². The molecule has 0 bridgehead atoms. The minimum atomic E-state index is 0.447. The lowest BCUT2D eigenvalue weighted by atomic mass is 10.2. The van der Waals surface area contributed by atoms with Gasteiger partial charge in [0, 0.05) is 37.8 Å². The molecule has 1 aromatic heterocycles.